The van der Waals surface area contributed by atoms with E-state index in [9.17, 15) is 4.79 Å². The molecule has 1 aliphatic heterocycles. The zero-order valence-electron chi connectivity index (χ0n) is 12.0. The van der Waals surface area contributed by atoms with Gasteiger partial charge in [0.05, 0.1) is 0 Å². The minimum atomic E-state index is 0.0262. The maximum atomic E-state index is 12.1. The zero-order valence-corrected chi connectivity index (χ0v) is 12.0. The third-order valence-electron chi connectivity index (χ3n) is 3.66. The van der Waals surface area contributed by atoms with Gasteiger partial charge >= 0.3 is 0 Å². The normalized spacial score (nSPS) is 19.4. The summed E-state index contributed by atoms with van der Waals surface area (Å²) in [6.45, 7) is 2.99. The highest BCUT2D eigenvalue weighted by atomic mass is 16.1. The quantitative estimate of drug-likeness (QED) is 0.890. The number of carbonyl (C=O) groups is 1. The number of hydrogen-bond donors (Lipinski definition) is 1. The summed E-state index contributed by atoms with van der Waals surface area (Å²) in [7, 11) is 6.08. The van der Waals surface area contributed by atoms with Gasteiger partial charge in [-0.05, 0) is 44.1 Å². The molecular formula is C15H23N3O. The van der Waals surface area contributed by atoms with Crippen molar-refractivity contribution in [3.8, 4) is 0 Å². The van der Waals surface area contributed by atoms with Crippen LogP contribution in [0.15, 0.2) is 24.3 Å². The Morgan fingerprint density at radius 3 is 2.89 bits per heavy atom. The van der Waals surface area contributed by atoms with E-state index >= 15 is 0 Å². The lowest BCUT2D eigenvalue weighted by Crippen LogP contribution is -2.30. The molecule has 0 radical (unpaired) electrons. The largest absolute Gasteiger partial charge is 0.378 e. The van der Waals surface area contributed by atoms with Crippen LogP contribution in [-0.4, -0.2) is 51.6 Å². The Kier molecular flexibility index (Phi) is 4.43. The summed E-state index contributed by atoms with van der Waals surface area (Å²) in [5.74, 6) is 0.615. The van der Waals surface area contributed by atoms with Crippen molar-refractivity contribution in [2.45, 2.75) is 6.42 Å². The summed E-state index contributed by atoms with van der Waals surface area (Å²) < 4.78 is 0. The predicted molar refractivity (Wildman–Crippen MR) is 78.7 cm³/mol. The first-order chi connectivity index (χ1) is 9.06. The highest BCUT2D eigenvalue weighted by Gasteiger charge is 2.20. The van der Waals surface area contributed by atoms with Crippen LogP contribution < -0.4 is 10.2 Å². The van der Waals surface area contributed by atoms with Crippen molar-refractivity contribution in [3.05, 3.63) is 29.8 Å². The topological polar surface area (TPSA) is 35.6 Å². The molecule has 1 heterocycles. The summed E-state index contributed by atoms with van der Waals surface area (Å²) in [5, 5.41) is 3.04. The molecule has 0 saturated carbocycles. The molecule has 19 heavy (non-hydrogen) atoms. The van der Waals surface area contributed by atoms with E-state index in [1.54, 1.807) is 0 Å². The van der Waals surface area contributed by atoms with Gasteiger partial charge in [-0.15, -0.1) is 0 Å². The van der Waals surface area contributed by atoms with Crippen molar-refractivity contribution in [3.63, 3.8) is 0 Å². The molecule has 1 atom stereocenters. The van der Waals surface area contributed by atoms with Gasteiger partial charge in [0.1, 0.15) is 0 Å². The molecule has 1 amide bonds. The molecule has 0 aliphatic carbocycles. The number of hydrogen-bond acceptors (Lipinski definition) is 3. The number of likely N-dealkylation sites (tertiary alicyclic amines) is 1. The molecule has 0 spiro atoms. The molecule has 104 valence electrons. The monoisotopic (exact) mass is 261 g/mol. The van der Waals surface area contributed by atoms with E-state index < -0.39 is 0 Å². The van der Waals surface area contributed by atoms with Gasteiger partial charge < -0.3 is 15.1 Å². The molecule has 4 heteroatoms. The van der Waals surface area contributed by atoms with E-state index in [0.717, 1.165) is 30.9 Å². The maximum Gasteiger partial charge on any atom is 0.251 e. The zero-order chi connectivity index (χ0) is 13.8. The number of benzene rings is 1. The second-order valence-corrected chi connectivity index (χ2v) is 5.57. The molecule has 1 aromatic carbocycles. The SMILES string of the molecule is CN1CCC(CNC(=O)c2cccc(N(C)C)c2)C1. The van der Waals surface area contributed by atoms with Crippen molar-refractivity contribution in [2.75, 3.05) is 45.7 Å². The van der Waals surface area contributed by atoms with Crippen LogP contribution >= 0.6 is 0 Å². The van der Waals surface area contributed by atoms with E-state index in [4.69, 9.17) is 0 Å². The van der Waals surface area contributed by atoms with E-state index in [-0.39, 0.29) is 5.91 Å². The molecule has 1 aromatic rings. The Labute approximate surface area is 115 Å². The molecule has 1 N–H and O–H groups in total. The minimum Gasteiger partial charge on any atom is -0.378 e. The Bertz CT molecular complexity index is 445. The van der Waals surface area contributed by atoms with E-state index in [0.29, 0.717) is 5.92 Å². The molecule has 0 bridgehead atoms. The fourth-order valence-corrected chi connectivity index (χ4v) is 2.46. The lowest BCUT2D eigenvalue weighted by Gasteiger charge is -2.14. The van der Waals surface area contributed by atoms with Crippen LogP contribution in [0.5, 0.6) is 0 Å². The minimum absolute atomic E-state index is 0.0262. The van der Waals surface area contributed by atoms with Gasteiger partial charge in [0.25, 0.3) is 5.91 Å². The lowest BCUT2D eigenvalue weighted by atomic mass is 10.1. The summed E-state index contributed by atoms with van der Waals surface area (Å²) in [4.78, 5) is 16.4. The summed E-state index contributed by atoms with van der Waals surface area (Å²) >= 11 is 0. The number of amides is 1. The third kappa shape index (κ3) is 3.70. The van der Waals surface area contributed by atoms with Crippen LogP contribution in [0.1, 0.15) is 16.8 Å². The molecular weight excluding hydrogens is 238 g/mol. The fraction of sp³-hybridized carbons (Fsp3) is 0.533. The number of carbonyl (C=O) groups excluding carboxylic acids is 1. The highest BCUT2D eigenvalue weighted by molar-refractivity contribution is 5.95. The number of nitrogens with zero attached hydrogens (tertiary/aromatic N) is 2. The second-order valence-electron chi connectivity index (χ2n) is 5.57. The maximum absolute atomic E-state index is 12.1. The van der Waals surface area contributed by atoms with Crippen molar-refractivity contribution in [1.29, 1.82) is 0 Å². The first kappa shape index (κ1) is 13.9. The second kappa shape index (κ2) is 6.06. The Morgan fingerprint density at radius 1 is 1.47 bits per heavy atom. The highest BCUT2D eigenvalue weighted by Crippen LogP contribution is 2.15. The first-order valence-electron chi connectivity index (χ1n) is 6.80. The number of nitrogens with one attached hydrogen (secondary N) is 1. The Balaban J connectivity index is 1.90. The van der Waals surface area contributed by atoms with E-state index in [1.165, 1.54) is 6.42 Å². The fourth-order valence-electron chi connectivity index (χ4n) is 2.46. The molecule has 1 saturated heterocycles. The predicted octanol–water partition coefficient (Wildman–Crippen LogP) is 1.43. The Hall–Kier alpha value is -1.55. The molecule has 1 unspecified atom stereocenters. The van der Waals surface area contributed by atoms with Crippen LogP contribution in [0, 0.1) is 5.92 Å². The van der Waals surface area contributed by atoms with Crippen molar-refractivity contribution in [1.82, 2.24) is 10.2 Å². The smallest absolute Gasteiger partial charge is 0.251 e. The van der Waals surface area contributed by atoms with Crippen LogP contribution in [0.3, 0.4) is 0 Å². The molecule has 4 nitrogen and oxygen atoms in total. The van der Waals surface area contributed by atoms with Gasteiger partial charge in [-0.2, -0.15) is 0 Å². The van der Waals surface area contributed by atoms with Gasteiger partial charge in [-0.3, -0.25) is 4.79 Å². The molecule has 2 rings (SSSR count). The standard InChI is InChI=1S/C15H23N3O/c1-17(2)14-6-4-5-13(9-14)15(19)16-10-12-7-8-18(3)11-12/h4-6,9,12H,7-8,10-11H2,1-3H3,(H,16,19). The van der Waals surface area contributed by atoms with Crippen molar-refractivity contribution >= 4 is 11.6 Å². The van der Waals surface area contributed by atoms with Crippen LogP contribution in [0.2, 0.25) is 0 Å². The van der Waals surface area contributed by atoms with Crippen LogP contribution in [0.25, 0.3) is 0 Å². The molecule has 1 fully saturated rings. The average Bonchev–Trinajstić information content (AvgIpc) is 2.82. The number of rotatable bonds is 4. The van der Waals surface area contributed by atoms with Gasteiger partial charge in [0, 0.05) is 38.4 Å². The molecule has 1 aliphatic rings. The average molecular weight is 261 g/mol. The number of anilines is 1. The van der Waals surface area contributed by atoms with Crippen LogP contribution in [-0.2, 0) is 0 Å². The van der Waals surface area contributed by atoms with E-state index in [1.807, 2.05) is 43.3 Å². The van der Waals surface area contributed by atoms with Gasteiger partial charge in [0.15, 0.2) is 0 Å². The third-order valence-corrected chi connectivity index (χ3v) is 3.66. The first-order valence-corrected chi connectivity index (χ1v) is 6.80. The van der Waals surface area contributed by atoms with Gasteiger partial charge in [0.2, 0.25) is 0 Å². The van der Waals surface area contributed by atoms with Crippen molar-refractivity contribution in [2.24, 2.45) is 5.92 Å². The van der Waals surface area contributed by atoms with E-state index in [2.05, 4.69) is 17.3 Å². The summed E-state index contributed by atoms with van der Waals surface area (Å²) in [5.41, 5.74) is 1.78. The summed E-state index contributed by atoms with van der Waals surface area (Å²) in [6, 6.07) is 7.72. The summed E-state index contributed by atoms with van der Waals surface area (Å²) in [6.07, 6.45) is 1.18. The van der Waals surface area contributed by atoms with Crippen LogP contribution in [0.4, 0.5) is 5.69 Å². The lowest BCUT2D eigenvalue weighted by molar-refractivity contribution is 0.0947. The molecule has 0 aromatic heterocycles. The van der Waals surface area contributed by atoms with Gasteiger partial charge in [-0.25, -0.2) is 0 Å². The van der Waals surface area contributed by atoms with Gasteiger partial charge in [-0.1, -0.05) is 6.07 Å². The Morgan fingerprint density at radius 2 is 2.26 bits per heavy atom. The van der Waals surface area contributed by atoms with Crippen molar-refractivity contribution < 1.29 is 4.79 Å².